The van der Waals surface area contributed by atoms with E-state index in [2.05, 4.69) is 5.32 Å². The van der Waals surface area contributed by atoms with Gasteiger partial charge in [0.05, 0.1) is 5.69 Å². The van der Waals surface area contributed by atoms with Crippen LogP contribution in [0, 0.1) is 0 Å². The second kappa shape index (κ2) is 2.26. The molecule has 14 heavy (non-hydrogen) atoms. The molecule has 0 saturated carbocycles. The van der Waals surface area contributed by atoms with Gasteiger partial charge in [-0.3, -0.25) is 4.79 Å². The van der Waals surface area contributed by atoms with E-state index >= 15 is 0 Å². The summed E-state index contributed by atoms with van der Waals surface area (Å²) in [5, 5.41) is 4.78. The van der Waals surface area contributed by atoms with Crippen molar-refractivity contribution < 1.29 is 4.79 Å². The van der Waals surface area contributed by atoms with E-state index in [1.54, 1.807) is 6.07 Å². The predicted octanol–water partition coefficient (Wildman–Crippen LogP) is 1.99. The molecule has 0 saturated heterocycles. The molecular weight excluding hydrogens is 176 g/mol. The van der Waals surface area contributed by atoms with Crippen molar-refractivity contribution in [2.24, 2.45) is 0 Å². The number of carbonyl (C=O) groups is 1. The zero-order valence-corrected chi connectivity index (χ0v) is 7.37. The average Bonchev–Trinajstić information content (AvgIpc) is 2.45. The molecule has 3 heteroatoms. The van der Waals surface area contributed by atoms with Gasteiger partial charge in [0.1, 0.15) is 0 Å². The second-order valence-electron chi connectivity index (χ2n) is 3.43. The van der Waals surface area contributed by atoms with Crippen LogP contribution in [0.15, 0.2) is 30.3 Å². The minimum atomic E-state index is -0.0452. The molecular formula is C11H8N2O. The molecule has 1 amide bonds. The highest BCUT2D eigenvalue weighted by molar-refractivity contribution is 6.24. The number of carbonyl (C=O) groups excluding carboxylic acids is 1. The average molecular weight is 184 g/mol. The van der Waals surface area contributed by atoms with E-state index in [0.717, 1.165) is 22.0 Å². The van der Waals surface area contributed by atoms with Crippen molar-refractivity contribution in [2.75, 3.05) is 11.1 Å². The Hall–Kier alpha value is -2.03. The van der Waals surface area contributed by atoms with Gasteiger partial charge in [0, 0.05) is 16.6 Å². The van der Waals surface area contributed by atoms with Gasteiger partial charge in [0.25, 0.3) is 5.91 Å². The van der Waals surface area contributed by atoms with E-state index in [-0.39, 0.29) is 5.91 Å². The molecule has 2 aromatic rings. The van der Waals surface area contributed by atoms with Crippen LogP contribution in [-0.2, 0) is 0 Å². The Balaban J connectivity index is 2.55. The van der Waals surface area contributed by atoms with Crippen molar-refractivity contribution >= 4 is 28.1 Å². The number of hydrogen-bond acceptors (Lipinski definition) is 2. The summed E-state index contributed by atoms with van der Waals surface area (Å²) in [6, 6.07) is 9.31. The fraction of sp³-hybridized carbons (Fsp3) is 0. The first-order valence-electron chi connectivity index (χ1n) is 4.39. The van der Waals surface area contributed by atoms with Gasteiger partial charge in [-0.1, -0.05) is 12.1 Å². The van der Waals surface area contributed by atoms with Crippen LogP contribution in [0.2, 0.25) is 0 Å². The van der Waals surface area contributed by atoms with Crippen LogP contribution in [0.1, 0.15) is 10.4 Å². The lowest BCUT2D eigenvalue weighted by Gasteiger charge is -2.01. The number of anilines is 2. The number of nitrogens with two attached hydrogens (primary N) is 1. The molecule has 0 radical (unpaired) electrons. The van der Waals surface area contributed by atoms with Gasteiger partial charge in [-0.15, -0.1) is 0 Å². The van der Waals surface area contributed by atoms with Gasteiger partial charge >= 0.3 is 0 Å². The SMILES string of the molecule is Nc1cc2c3c(cccc3c1)C(=O)N2. The molecule has 1 aliphatic rings. The Morgan fingerprint density at radius 2 is 2.07 bits per heavy atom. The Morgan fingerprint density at radius 1 is 1.21 bits per heavy atom. The van der Waals surface area contributed by atoms with E-state index in [9.17, 15) is 4.79 Å². The number of rotatable bonds is 0. The Kier molecular flexibility index (Phi) is 1.19. The molecule has 3 rings (SSSR count). The highest BCUT2D eigenvalue weighted by atomic mass is 16.1. The lowest BCUT2D eigenvalue weighted by Crippen LogP contribution is -2.03. The maximum Gasteiger partial charge on any atom is 0.256 e. The lowest BCUT2D eigenvalue weighted by atomic mass is 10.0. The van der Waals surface area contributed by atoms with Gasteiger partial charge in [-0.05, 0) is 23.6 Å². The fourth-order valence-electron chi connectivity index (χ4n) is 1.93. The normalized spacial score (nSPS) is 13.3. The summed E-state index contributed by atoms with van der Waals surface area (Å²) in [7, 11) is 0. The van der Waals surface area contributed by atoms with Gasteiger partial charge in [0.15, 0.2) is 0 Å². The van der Waals surface area contributed by atoms with E-state index in [4.69, 9.17) is 5.73 Å². The smallest absolute Gasteiger partial charge is 0.256 e. The van der Waals surface area contributed by atoms with Crippen LogP contribution in [-0.4, -0.2) is 5.91 Å². The molecule has 1 aliphatic heterocycles. The third-order valence-corrected chi connectivity index (χ3v) is 2.49. The van der Waals surface area contributed by atoms with Crippen molar-refractivity contribution in [1.29, 1.82) is 0 Å². The topological polar surface area (TPSA) is 55.1 Å². The van der Waals surface area contributed by atoms with Gasteiger partial charge in [-0.2, -0.15) is 0 Å². The van der Waals surface area contributed by atoms with Crippen molar-refractivity contribution in [2.45, 2.75) is 0 Å². The third kappa shape index (κ3) is 0.785. The monoisotopic (exact) mass is 184 g/mol. The van der Waals surface area contributed by atoms with Crippen LogP contribution in [0.5, 0.6) is 0 Å². The molecule has 0 aliphatic carbocycles. The Labute approximate surface area is 80.5 Å². The molecule has 0 atom stereocenters. The Morgan fingerprint density at radius 3 is 2.93 bits per heavy atom. The summed E-state index contributed by atoms with van der Waals surface area (Å²) >= 11 is 0. The first-order valence-corrected chi connectivity index (χ1v) is 4.39. The summed E-state index contributed by atoms with van der Waals surface area (Å²) in [5.74, 6) is -0.0452. The molecule has 2 aromatic carbocycles. The van der Waals surface area contributed by atoms with Gasteiger partial charge in [0.2, 0.25) is 0 Å². The molecule has 0 fully saturated rings. The molecule has 3 nitrogen and oxygen atoms in total. The summed E-state index contributed by atoms with van der Waals surface area (Å²) in [5.41, 5.74) is 7.94. The molecule has 68 valence electrons. The molecule has 3 N–H and O–H groups in total. The molecule has 0 spiro atoms. The van der Waals surface area contributed by atoms with Crippen LogP contribution in [0.4, 0.5) is 11.4 Å². The van der Waals surface area contributed by atoms with E-state index in [1.807, 2.05) is 24.3 Å². The minimum Gasteiger partial charge on any atom is -0.399 e. The maximum atomic E-state index is 11.5. The van der Waals surface area contributed by atoms with Gasteiger partial charge in [-0.25, -0.2) is 0 Å². The van der Waals surface area contributed by atoms with E-state index in [1.165, 1.54) is 0 Å². The van der Waals surface area contributed by atoms with Crippen LogP contribution in [0.25, 0.3) is 10.8 Å². The van der Waals surface area contributed by atoms with Crippen molar-refractivity contribution in [1.82, 2.24) is 0 Å². The predicted molar refractivity (Wildman–Crippen MR) is 56.3 cm³/mol. The molecule has 0 bridgehead atoms. The second-order valence-corrected chi connectivity index (χ2v) is 3.43. The van der Waals surface area contributed by atoms with E-state index in [0.29, 0.717) is 5.69 Å². The summed E-state index contributed by atoms with van der Waals surface area (Å²) in [6.07, 6.45) is 0. The largest absolute Gasteiger partial charge is 0.399 e. The molecule has 0 unspecified atom stereocenters. The Bertz CT molecular complexity index is 560. The van der Waals surface area contributed by atoms with Crippen LogP contribution in [0.3, 0.4) is 0 Å². The number of hydrogen-bond donors (Lipinski definition) is 2. The first-order chi connectivity index (χ1) is 6.75. The van der Waals surface area contributed by atoms with Gasteiger partial charge < -0.3 is 11.1 Å². The fourth-order valence-corrected chi connectivity index (χ4v) is 1.93. The van der Waals surface area contributed by atoms with Crippen molar-refractivity contribution in [3.05, 3.63) is 35.9 Å². The highest BCUT2D eigenvalue weighted by Crippen LogP contribution is 2.34. The quantitative estimate of drug-likeness (QED) is 0.615. The molecule has 1 heterocycles. The zero-order chi connectivity index (χ0) is 9.71. The number of benzene rings is 2. The minimum absolute atomic E-state index is 0.0452. The number of nitrogens with one attached hydrogen (secondary N) is 1. The third-order valence-electron chi connectivity index (χ3n) is 2.49. The van der Waals surface area contributed by atoms with Crippen LogP contribution >= 0.6 is 0 Å². The first kappa shape index (κ1) is 7.38. The number of amides is 1. The van der Waals surface area contributed by atoms with Crippen molar-refractivity contribution in [3.8, 4) is 0 Å². The summed E-state index contributed by atoms with van der Waals surface area (Å²) < 4.78 is 0. The van der Waals surface area contributed by atoms with Crippen molar-refractivity contribution in [3.63, 3.8) is 0 Å². The zero-order valence-electron chi connectivity index (χ0n) is 7.37. The highest BCUT2D eigenvalue weighted by Gasteiger charge is 2.20. The van der Waals surface area contributed by atoms with Crippen LogP contribution < -0.4 is 11.1 Å². The lowest BCUT2D eigenvalue weighted by molar-refractivity contribution is 0.103. The maximum absolute atomic E-state index is 11.5. The number of nitrogen functional groups attached to an aromatic ring is 1. The standard InChI is InChI=1S/C11H8N2O/c12-7-4-6-2-1-3-8-10(6)9(5-7)13-11(8)14/h1-5H,12H2,(H,13,14). The summed E-state index contributed by atoms with van der Waals surface area (Å²) in [6.45, 7) is 0. The summed E-state index contributed by atoms with van der Waals surface area (Å²) in [4.78, 5) is 11.5. The van der Waals surface area contributed by atoms with E-state index < -0.39 is 0 Å². The molecule has 0 aromatic heterocycles.